The molecule has 1 saturated heterocycles. The van der Waals surface area contributed by atoms with Gasteiger partial charge in [0.25, 0.3) is 0 Å². The van der Waals surface area contributed by atoms with Crippen molar-refractivity contribution in [1.29, 1.82) is 0 Å². The molecule has 1 aromatic heterocycles. The average Bonchev–Trinajstić information content (AvgIpc) is 3.53. The Morgan fingerprint density at radius 1 is 1.14 bits per heavy atom. The van der Waals surface area contributed by atoms with Crippen molar-refractivity contribution in [2.75, 3.05) is 13.1 Å². The number of carbonyl (C=O) groups excluding carboxylic acids is 2. The van der Waals surface area contributed by atoms with Gasteiger partial charge >= 0.3 is 6.09 Å². The number of fused-ring (bicyclic) bond motifs is 1. The first-order valence-corrected chi connectivity index (χ1v) is 12.3. The van der Waals surface area contributed by atoms with E-state index >= 15 is 0 Å². The van der Waals surface area contributed by atoms with Crippen molar-refractivity contribution in [1.82, 2.24) is 15.2 Å². The molecule has 0 radical (unpaired) electrons. The normalized spacial score (nSPS) is 21.5. The number of carbonyl (C=O) groups is 2. The molecule has 5 rings (SSSR count). The molecule has 2 aliphatic heterocycles. The van der Waals surface area contributed by atoms with Gasteiger partial charge in [-0.15, -0.1) is 0 Å². The summed E-state index contributed by atoms with van der Waals surface area (Å²) in [4.78, 5) is 37.5. The minimum Gasteiger partial charge on any atom is -0.444 e. The molecule has 0 saturated carbocycles. The van der Waals surface area contributed by atoms with Crippen LogP contribution in [0.4, 0.5) is 4.79 Å². The van der Waals surface area contributed by atoms with Gasteiger partial charge in [0.05, 0.1) is 12.1 Å². The van der Waals surface area contributed by atoms with Crippen LogP contribution in [0, 0.1) is 0 Å². The van der Waals surface area contributed by atoms with E-state index in [0.717, 1.165) is 26.7 Å². The number of para-hydroxylation sites is 1. The number of hydrogen-bond acceptors (Lipinski definition) is 6. The van der Waals surface area contributed by atoms with Crippen LogP contribution in [0.25, 0.3) is 10.9 Å². The van der Waals surface area contributed by atoms with Crippen LogP contribution in [0.5, 0.6) is 0 Å². The maximum absolute atomic E-state index is 13.1. The van der Waals surface area contributed by atoms with Gasteiger partial charge in [-0.1, -0.05) is 53.7 Å². The van der Waals surface area contributed by atoms with E-state index in [1.54, 1.807) is 6.20 Å². The van der Waals surface area contributed by atoms with E-state index in [9.17, 15) is 9.59 Å². The second-order valence-electron chi connectivity index (χ2n) is 8.75. The molecular formula is C26H25BrN4O4. The minimum atomic E-state index is -0.631. The number of likely N-dealkylation sites (tertiary alicyclic amines) is 1. The monoisotopic (exact) mass is 536 g/mol. The number of halogens is 1. The molecule has 2 aliphatic rings. The molecule has 0 aliphatic carbocycles. The van der Waals surface area contributed by atoms with Crippen molar-refractivity contribution in [2.24, 2.45) is 5.16 Å². The number of nitrogens with zero attached hydrogens (tertiary/aromatic N) is 3. The topological polar surface area (TPSA) is 93.1 Å². The Bertz CT molecular complexity index is 1250. The van der Waals surface area contributed by atoms with Gasteiger partial charge in [0.2, 0.25) is 5.91 Å². The fraction of sp³-hybridized carbons (Fsp3) is 0.308. The lowest BCUT2D eigenvalue weighted by molar-refractivity contribution is -0.125. The molecule has 3 atom stereocenters. The SMILES string of the molecule is O=C(NC[C@@H]1CC(Br)=NO1)[C@@H]1C[C@H](c2ccccc2)CN1C(=O)OCc1cnc2ccccc2c1. The molecule has 1 fully saturated rings. The van der Waals surface area contributed by atoms with Gasteiger partial charge in [0.15, 0.2) is 6.10 Å². The van der Waals surface area contributed by atoms with Gasteiger partial charge in [-0.3, -0.25) is 14.7 Å². The zero-order valence-electron chi connectivity index (χ0n) is 19.0. The zero-order valence-corrected chi connectivity index (χ0v) is 20.6. The summed E-state index contributed by atoms with van der Waals surface area (Å²) in [6, 6.07) is 19.0. The zero-order chi connectivity index (χ0) is 24.2. The highest BCUT2D eigenvalue weighted by molar-refractivity contribution is 9.18. The van der Waals surface area contributed by atoms with Crippen molar-refractivity contribution < 1.29 is 19.2 Å². The molecule has 2 amide bonds. The maximum atomic E-state index is 13.1. The number of pyridine rings is 1. The molecule has 3 heterocycles. The average molecular weight is 537 g/mol. The predicted molar refractivity (Wildman–Crippen MR) is 135 cm³/mol. The number of ether oxygens (including phenoxy) is 1. The highest BCUT2D eigenvalue weighted by atomic mass is 79.9. The molecule has 2 aromatic carbocycles. The molecular weight excluding hydrogens is 512 g/mol. The number of oxime groups is 1. The van der Waals surface area contributed by atoms with E-state index in [4.69, 9.17) is 9.57 Å². The standard InChI is InChI=1S/C26H25BrN4O4/c27-24-12-21(35-30-24)14-29-25(32)23-11-20(18-6-2-1-3-7-18)15-31(23)26(33)34-16-17-10-19-8-4-5-9-22(19)28-13-17/h1-10,13,20-21,23H,11-12,14-16H2,(H,29,32)/t20-,21-,23-/m0/s1. The molecule has 9 heteroatoms. The number of amides is 2. The lowest BCUT2D eigenvalue weighted by Gasteiger charge is -2.23. The molecule has 3 aromatic rings. The van der Waals surface area contributed by atoms with Gasteiger partial charge in [0.1, 0.15) is 17.3 Å². The van der Waals surface area contributed by atoms with Crippen molar-refractivity contribution in [3.8, 4) is 0 Å². The fourth-order valence-electron chi connectivity index (χ4n) is 4.51. The van der Waals surface area contributed by atoms with Crippen LogP contribution in [0.3, 0.4) is 0 Å². The summed E-state index contributed by atoms with van der Waals surface area (Å²) in [5.41, 5.74) is 2.77. The number of aromatic nitrogens is 1. The van der Waals surface area contributed by atoms with E-state index in [0.29, 0.717) is 25.9 Å². The third-order valence-electron chi connectivity index (χ3n) is 6.32. The summed E-state index contributed by atoms with van der Waals surface area (Å²) in [6.45, 7) is 0.805. The summed E-state index contributed by atoms with van der Waals surface area (Å²) in [5.74, 6) is -0.179. The largest absolute Gasteiger partial charge is 0.444 e. The van der Waals surface area contributed by atoms with E-state index in [2.05, 4.69) is 31.4 Å². The summed E-state index contributed by atoms with van der Waals surface area (Å²) in [6.07, 6.45) is 2.09. The van der Waals surface area contributed by atoms with Crippen molar-refractivity contribution in [3.05, 3.63) is 78.0 Å². The number of nitrogens with one attached hydrogen (secondary N) is 1. The molecule has 0 spiro atoms. The van der Waals surface area contributed by atoms with Crippen LogP contribution in [0.1, 0.15) is 29.9 Å². The summed E-state index contributed by atoms with van der Waals surface area (Å²) < 4.78 is 6.35. The van der Waals surface area contributed by atoms with Crippen LogP contribution >= 0.6 is 15.9 Å². The van der Waals surface area contributed by atoms with Gasteiger partial charge in [-0.2, -0.15) is 0 Å². The van der Waals surface area contributed by atoms with E-state index < -0.39 is 12.1 Å². The Balaban J connectivity index is 1.26. The third-order valence-corrected chi connectivity index (χ3v) is 6.79. The second-order valence-corrected chi connectivity index (χ2v) is 9.66. The smallest absolute Gasteiger partial charge is 0.410 e. The number of rotatable bonds is 6. The summed E-state index contributed by atoms with van der Waals surface area (Å²) in [7, 11) is 0. The molecule has 35 heavy (non-hydrogen) atoms. The molecule has 8 nitrogen and oxygen atoms in total. The predicted octanol–water partition coefficient (Wildman–Crippen LogP) is 4.34. The number of hydrogen-bond donors (Lipinski definition) is 1. The minimum absolute atomic E-state index is 0.0436. The first-order valence-electron chi connectivity index (χ1n) is 11.5. The molecule has 1 N–H and O–H groups in total. The number of benzene rings is 2. The maximum Gasteiger partial charge on any atom is 0.410 e. The van der Waals surface area contributed by atoms with E-state index in [1.165, 1.54) is 4.90 Å². The van der Waals surface area contributed by atoms with E-state index in [1.807, 2.05) is 60.7 Å². The van der Waals surface area contributed by atoms with Crippen molar-refractivity contribution in [3.63, 3.8) is 0 Å². The lowest BCUT2D eigenvalue weighted by Crippen LogP contribution is -2.47. The van der Waals surface area contributed by atoms with Gasteiger partial charge < -0.3 is 14.9 Å². The Morgan fingerprint density at radius 2 is 1.94 bits per heavy atom. The highest BCUT2D eigenvalue weighted by Crippen LogP contribution is 2.32. The van der Waals surface area contributed by atoms with Gasteiger partial charge in [-0.25, -0.2) is 4.79 Å². The quantitative estimate of drug-likeness (QED) is 0.505. The second kappa shape index (κ2) is 10.4. The Morgan fingerprint density at radius 3 is 2.74 bits per heavy atom. The Hall–Kier alpha value is -3.46. The molecule has 0 unspecified atom stereocenters. The van der Waals surface area contributed by atoms with Crippen LogP contribution in [0.15, 0.2) is 72.0 Å². The van der Waals surface area contributed by atoms with Crippen LogP contribution in [-0.4, -0.2) is 51.7 Å². The fourth-order valence-corrected chi connectivity index (χ4v) is 4.96. The van der Waals surface area contributed by atoms with Crippen LogP contribution < -0.4 is 5.32 Å². The summed E-state index contributed by atoms with van der Waals surface area (Å²) >= 11 is 3.30. The van der Waals surface area contributed by atoms with E-state index in [-0.39, 0.29) is 24.5 Å². The molecule has 180 valence electrons. The summed E-state index contributed by atoms with van der Waals surface area (Å²) in [5, 5.41) is 7.75. The first-order chi connectivity index (χ1) is 17.1. The van der Waals surface area contributed by atoms with Gasteiger partial charge in [-0.05, 0) is 40.0 Å². The van der Waals surface area contributed by atoms with Crippen LogP contribution in [-0.2, 0) is 21.0 Å². The molecule has 0 bridgehead atoms. The highest BCUT2D eigenvalue weighted by Gasteiger charge is 2.41. The van der Waals surface area contributed by atoms with Gasteiger partial charge in [0, 0.05) is 36.0 Å². The third kappa shape index (κ3) is 5.45. The Kier molecular flexibility index (Phi) is 6.94. The lowest BCUT2D eigenvalue weighted by atomic mass is 9.96. The first kappa shape index (κ1) is 23.3. The van der Waals surface area contributed by atoms with Crippen LogP contribution in [0.2, 0.25) is 0 Å². The Labute approximate surface area is 211 Å². The van der Waals surface area contributed by atoms with Crippen molar-refractivity contribution in [2.45, 2.75) is 37.5 Å². The van der Waals surface area contributed by atoms with Crippen molar-refractivity contribution >= 4 is 43.5 Å².